The molecular formula is C17H12FN3O. The number of benzene rings is 2. The zero-order valence-corrected chi connectivity index (χ0v) is 11.8. The maximum absolute atomic E-state index is 13.7. The molecule has 4 rings (SSSR count). The van der Waals surface area contributed by atoms with E-state index in [1.165, 1.54) is 12.3 Å². The highest BCUT2D eigenvalue weighted by Gasteiger charge is 2.20. The number of nitrogens with one attached hydrogen (secondary N) is 1. The highest BCUT2D eigenvalue weighted by atomic mass is 19.1. The minimum atomic E-state index is -0.374. The molecule has 4 aromatic rings. The van der Waals surface area contributed by atoms with E-state index in [2.05, 4.69) is 9.97 Å². The van der Waals surface area contributed by atoms with Crippen molar-refractivity contribution in [1.29, 1.82) is 0 Å². The van der Waals surface area contributed by atoms with Crippen LogP contribution in [0.4, 0.5) is 4.39 Å². The minimum Gasteiger partial charge on any atom is -0.358 e. The minimum absolute atomic E-state index is 0.226. The van der Waals surface area contributed by atoms with Crippen molar-refractivity contribution in [2.24, 2.45) is 7.05 Å². The third-order valence-electron chi connectivity index (χ3n) is 3.90. The van der Waals surface area contributed by atoms with Gasteiger partial charge in [0.2, 0.25) is 5.78 Å². The van der Waals surface area contributed by atoms with E-state index in [0.717, 1.165) is 11.0 Å². The van der Waals surface area contributed by atoms with Gasteiger partial charge in [-0.05, 0) is 18.2 Å². The quantitative estimate of drug-likeness (QED) is 0.576. The fourth-order valence-corrected chi connectivity index (χ4v) is 2.77. The first-order chi connectivity index (χ1) is 10.7. The van der Waals surface area contributed by atoms with E-state index in [-0.39, 0.29) is 11.6 Å². The van der Waals surface area contributed by atoms with Crippen molar-refractivity contribution < 1.29 is 9.18 Å². The van der Waals surface area contributed by atoms with Crippen molar-refractivity contribution >= 4 is 27.7 Å². The topological polar surface area (TPSA) is 50.7 Å². The Morgan fingerprint density at radius 3 is 2.82 bits per heavy atom. The molecule has 0 unspecified atom stereocenters. The Hall–Kier alpha value is -2.95. The fraction of sp³-hybridized carbons (Fsp3) is 0.0588. The number of hydrogen-bond acceptors (Lipinski definition) is 2. The van der Waals surface area contributed by atoms with E-state index in [1.807, 2.05) is 24.3 Å². The third-order valence-corrected chi connectivity index (χ3v) is 3.90. The fourth-order valence-electron chi connectivity index (χ4n) is 2.77. The summed E-state index contributed by atoms with van der Waals surface area (Å²) in [6, 6.07) is 12.2. The molecule has 0 aliphatic carbocycles. The van der Waals surface area contributed by atoms with E-state index in [4.69, 9.17) is 0 Å². The SMILES string of the molecule is Cn1c(C(=O)c2c[nH]c3c(F)cccc23)nc2ccccc21. The number of para-hydroxylation sites is 3. The summed E-state index contributed by atoms with van der Waals surface area (Å²) < 4.78 is 15.5. The Labute approximate surface area is 125 Å². The van der Waals surface area contributed by atoms with Gasteiger partial charge in [0.15, 0.2) is 5.82 Å². The Morgan fingerprint density at radius 2 is 2.00 bits per heavy atom. The second-order valence-electron chi connectivity index (χ2n) is 5.18. The maximum Gasteiger partial charge on any atom is 0.230 e. The number of hydrogen-bond donors (Lipinski definition) is 1. The molecule has 5 heteroatoms. The van der Waals surface area contributed by atoms with Gasteiger partial charge in [0, 0.05) is 18.6 Å². The number of H-pyrrole nitrogens is 1. The van der Waals surface area contributed by atoms with Gasteiger partial charge in [0.25, 0.3) is 0 Å². The van der Waals surface area contributed by atoms with E-state index in [1.54, 1.807) is 23.7 Å². The Morgan fingerprint density at radius 1 is 1.18 bits per heavy atom. The molecule has 1 N–H and O–H groups in total. The first-order valence-electron chi connectivity index (χ1n) is 6.88. The van der Waals surface area contributed by atoms with Crippen molar-refractivity contribution in [2.75, 3.05) is 0 Å². The van der Waals surface area contributed by atoms with Crippen LogP contribution in [-0.4, -0.2) is 20.3 Å². The van der Waals surface area contributed by atoms with Crippen LogP contribution in [-0.2, 0) is 7.05 Å². The zero-order chi connectivity index (χ0) is 15.3. The molecule has 0 aliphatic heterocycles. The molecule has 2 heterocycles. The lowest BCUT2D eigenvalue weighted by molar-refractivity contribution is 0.102. The number of aryl methyl sites for hydroxylation is 1. The number of ketones is 1. The predicted octanol–water partition coefficient (Wildman–Crippen LogP) is 3.42. The summed E-state index contributed by atoms with van der Waals surface area (Å²) in [4.78, 5) is 20.0. The van der Waals surface area contributed by atoms with Crippen molar-refractivity contribution in [3.8, 4) is 0 Å². The van der Waals surface area contributed by atoms with Crippen LogP contribution in [0.2, 0.25) is 0 Å². The lowest BCUT2D eigenvalue weighted by Crippen LogP contribution is -2.08. The molecule has 4 nitrogen and oxygen atoms in total. The van der Waals surface area contributed by atoms with Crippen LogP contribution < -0.4 is 0 Å². The van der Waals surface area contributed by atoms with Crippen molar-refractivity contribution in [2.45, 2.75) is 0 Å². The monoisotopic (exact) mass is 293 g/mol. The maximum atomic E-state index is 13.7. The van der Waals surface area contributed by atoms with Gasteiger partial charge in [0.05, 0.1) is 22.1 Å². The summed E-state index contributed by atoms with van der Waals surface area (Å²) in [5, 5.41) is 0.567. The average Bonchev–Trinajstić information content (AvgIpc) is 3.10. The number of halogens is 1. The van der Waals surface area contributed by atoms with Gasteiger partial charge in [0.1, 0.15) is 5.82 Å². The molecule has 2 aromatic heterocycles. The molecule has 0 fully saturated rings. The smallest absolute Gasteiger partial charge is 0.230 e. The number of nitrogens with zero attached hydrogens (tertiary/aromatic N) is 2. The summed E-state index contributed by atoms with van der Waals surface area (Å²) >= 11 is 0. The number of aromatic amines is 1. The van der Waals surface area contributed by atoms with Crippen molar-refractivity contribution in [3.05, 3.63) is 65.9 Å². The number of fused-ring (bicyclic) bond motifs is 2. The summed E-state index contributed by atoms with van der Waals surface area (Å²) in [5.41, 5.74) is 2.41. The second kappa shape index (κ2) is 4.53. The number of aromatic nitrogens is 3. The molecule has 22 heavy (non-hydrogen) atoms. The average molecular weight is 293 g/mol. The Bertz CT molecular complexity index is 1030. The highest BCUT2D eigenvalue weighted by molar-refractivity contribution is 6.15. The molecule has 0 radical (unpaired) electrons. The molecule has 0 atom stereocenters. The van der Waals surface area contributed by atoms with Gasteiger partial charge in [-0.3, -0.25) is 4.79 Å². The number of imidazole rings is 1. The van der Waals surface area contributed by atoms with Crippen LogP contribution in [0.3, 0.4) is 0 Å². The molecular weight excluding hydrogens is 281 g/mol. The molecule has 0 spiro atoms. The summed E-state index contributed by atoms with van der Waals surface area (Å²) in [6.45, 7) is 0. The molecule has 108 valence electrons. The summed E-state index contributed by atoms with van der Waals surface area (Å²) in [5.74, 6) is -0.261. The first kappa shape index (κ1) is 12.8. The van der Waals surface area contributed by atoms with Gasteiger partial charge < -0.3 is 9.55 Å². The number of carbonyl (C=O) groups excluding carboxylic acids is 1. The second-order valence-corrected chi connectivity index (χ2v) is 5.18. The van der Waals surface area contributed by atoms with Crippen molar-refractivity contribution in [1.82, 2.24) is 14.5 Å². The largest absolute Gasteiger partial charge is 0.358 e. The van der Waals surface area contributed by atoms with Gasteiger partial charge in [-0.15, -0.1) is 0 Å². The molecule has 0 saturated carbocycles. The highest BCUT2D eigenvalue weighted by Crippen LogP contribution is 2.24. The lowest BCUT2D eigenvalue weighted by Gasteiger charge is -2.01. The standard InChI is InChI=1S/C17H12FN3O/c1-21-14-8-3-2-7-13(14)20-17(21)16(22)11-9-19-15-10(11)5-4-6-12(15)18/h2-9,19H,1H3. The molecule has 0 aliphatic rings. The predicted molar refractivity (Wildman–Crippen MR) is 82.4 cm³/mol. The molecule has 0 saturated heterocycles. The molecule has 0 amide bonds. The molecule has 2 aromatic carbocycles. The van der Waals surface area contributed by atoms with Gasteiger partial charge in [-0.25, -0.2) is 9.37 Å². The summed E-state index contributed by atoms with van der Waals surface area (Å²) in [7, 11) is 1.80. The van der Waals surface area contributed by atoms with E-state index >= 15 is 0 Å². The zero-order valence-electron chi connectivity index (χ0n) is 11.8. The van der Waals surface area contributed by atoms with Crippen LogP contribution in [0.25, 0.3) is 21.9 Å². The summed E-state index contributed by atoms with van der Waals surface area (Å²) in [6.07, 6.45) is 1.54. The van der Waals surface area contributed by atoms with Crippen LogP contribution in [0.1, 0.15) is 16.2 Å². The van der Waals surface area contributed by atoms with Gasteiger partial charge >= 0.3 is 0 Å². The molecule has 0 bridgehead atoms. The van der Waals surface area contributed by atoms with Crippen LogP contribution in [0.5, 0.6) is 0 Å². The van der Waals surface area contributed by atoms with E-state index < -0.39 is 0 Å². The van der Waals surface area contributed by atoms with Crippen LogP contribution >= 0.6 is 0 Å². The first-order valence-corrected chi connectivity index (χ1v) is 6.88. The van der Waals surface area contributed by atoms with Crippen LogP contribution in [0, 0.1) is 5.82 Å². The number of rotatable bonds is 2. The number of carbonyl (C=O) groups is 1. The van der Waals surface area contributed by atoms with Gasteiger partial charge in [-0.2, -0.15) is 0 Å². The van der Waals surface area contributed by atoms with Crippen LogP contribution in [0.15, 0.2) is 48.7 Å². The van der Waals surface area contributed by atoms with E-state index in [0.29, 0.717) is 22.3 Å². The Balaban J connectivity index is 1.92. The van der Waals surface area contributed by atoms with Crippen molar-refractivity contribution in [3.63, 3.8) is 0 Å². The normalized spacial score (nSPS) is 11.4. The lowest BCUT2D eigenvalue weighted by atomic mass is 10.1. The van der Waals surface area contributed by atoms with E-state index in [9.17, 15) is 9.18 Å². The van der Waals surface area contributed by atoms with Gasteiger partial charge in [-0.1, -0.05) is 24.3 Å². The third kappa shape index (κ3) is 1.69. The Kier molecular flexibility index (Phi) is 2.63.